The Morgan fingerprint density at radius 2 is 2.06 bits per heavy atom. The molecule has 4 heteroatoms. The van der Waals surface area contributed by atoms with E-state index in [0.29, 0.717) is 5.39 Å². The molecule has 1 aromatic carbocycles. The van der Waals surface area contributed by atoms with Crippen LogP contribution in [0.2, 0.25) is 5.15 Å². The Kier molecular flexibility index (Phi) is 3.06. The quantitative estimate of drug-likeness (QED) is 0.721. The van der Waals surface area contributed by atoms with E-state index < -0.39 is 11.6 Å². The zero-order chi connectivity index (χ0) is 11.7. The molecule has 0 amide bonds. The smallest absolute Gasteiger partial charge is 0.185 e. The number of nitrogens with zero attached hydrogens (tertiary/aromatic N) is 1. The van der Waals surface area contributed by atoms with Crippen molar-refractivity contribution in [3.8, 4) is 0 Å². The molecular weight excluding hydrogens is 232 g/mol. The van der Waals surface area contributed by atoms with Crippen LogP contribution in [0.15, 0.2) is 18.2 Å². The molecule has 2 aromatic rings. The summed E-state index contributed by atoms with van der Waals surface area (Å²) in [6.07, 6.45) is 1.71. The molecule has 0 saturated carbocycles. The lowest BCUT2D eigenvalue weighted by molar-refractivity contribution is 0.515. The topological polar surface area (TPSA) is 12.9 Å². The fraction of sp³-hybridized carbons (Fsp3) is 0.250. The second-order valence-electron chi connectivity index (χ2n) is 3.62. The zero-order valence-corrected chi connectivity index (χ0v) is 9.48. The lowest BCUT2D eigenvalue weighted by Gasteiger charge is -2.05. The average molecular weight is 242 g/mol. The van der Waals surface area contributed by atoms with Crippen LogP contribution in [0.25, 0.3) is 10.9 Å². The first-order valence-electron chi connectivity index (χ1n) is 5.06. The number of aryl methyl sites for hydroxylation is 1. The number of pyridine rings is 1. The van der Waals surface area contributed by atoms with Crippen molar-refractivity contribution < 1.29 is 8.78 Å². The van der Waals surface area contributed by atoms with Gasteiger partial charge in [-0.2, -0.15) is 0 Å². The minimum atomic E-state index is -0.942. The third-order valence-electron chi connectivity index (χ3n) is 2.42. The van der Waals surface area contributed by atoms with Crippen LogP contribution in [0, 0.1) is 11.6 Å². The second kappa shape index (κ2) is 4.34. The van der Waals surface area contributed by atoms with Gasteiger partial charge in [0, 0.05) is 5.39 Å². The molecule has 0 aliphatic carbocycles. The van der Waals surface area contributed by atoms with Crippen LogP contribution in [0.1, 0.15) is 18.9 Å². The third-order valence-corrected chi connectivity index (χ3v) is 2.75. The normalized spacial score (nSPS) is 11.0. The minimum Gasteiger partial charge on any atom is -0.233 e. The summed E-state index contributed by atoms with van der Waals surface area (Å²) in [5, 5.41) is 0.825. The summed E-state index contributed by atoms with van der Waals surface area (Å²) in [7, 11) is 0. The van der Waals surface area contributed by atoms with E-state index in [1.54, 1.807) is 6.07 Å². The Hall–Kier alpha value is -1.22. The van der Waals surface area contributed by atoms with E-state index >= 15 is 0 Å². The van der Waals surface area contributed by atoms with Crippen LogP contribution in [0.4, 0.5) is 8.78 Å². The number of benzene rings is 1. The Balaban J connectivity index is 2.69. The average Bonchev–Trinajstić information content (AvgIpc) is 2.26. The molecular formula is C12H10ClF2N. The van der Waals surface area contributed by atoms with Crippen molar-refractivity contribution in [3.05, 3.63) is 40.6 Å². The summed E-state index contributed by atoms with van der Waals surface area (Å²) in [5.74, 6) is -1.85. The van der Waals surface area contributed by atoms with Gasteiger partial charge in [-0.05, 0) is 30.2 Å². The van der Waals surface area contributed by atoms with E-state index in [9.17, 15) is 8.78 Å². The number of hydrogen-bond acceptors (Lipinski definition) is 1. The molecule has 84 valence electrons. The van der Waals surface area contributed by atoms with Crippen LogP contribution in [-0.2, 0) is 6.42 Å². The summed E-state index contributed by atoms with van der Waals surface area (Å²) < 4.78 is 26.4. The molecule has 16 heavy (non-hydrogen) atoms. The second-order valence-corrected chi connectivity index (χ2v) is 3.98. The number of fused-ring (bicyclic) bond motifs is 1. The van der Waals surface area contributed by atoms with E-state index in [1.165, 1.54) is 6.07 Å². The van der Waals surface area contributed by atoms with E-state index in [2.05, 4.69) is 4.98 Å². The van der Waals surface area contributed by atoms with Gasteiger partial charge in [0.15, 0.2) is 11.6 Å². The van der Waals surface area contributed by atoms with Gasteiger partial charge >= 0.3 is 0 Å². The maximum absolute atomic E-state index is 13.4. The van der Waals surface area contributed by atoms with Crippen molar-refractivity contribution in [1.82, 2.24) is 4.98 Å². The summed E-state index contributed by atoms with van der Waals surface area (Å²) >= 11 is 5.91. The van der Waals surface area contributed by atoms with Crippen molar-refractivity contribution >= 4 is 22.5 Å². The Bertz CT molecular complexity index is 540. The highest BCUT2D eigenvalue weighted by atomic mass is 35.5. The molecule has 0 spiro atoms. The molecule has 0 saturated heterocycles. The Morgan fingerprint density at radius 1 is 1.31 bits per heavy atom. The maximum Gasteiger partial charge on any atom is 0.185 e. The highest BCUT2D eigenvalue weighted by Crippen LogP contribution is 2.24. The molecule has 0 bridgehead atoms. The number of rotatable bonds is 2. The van der Waals surface area contributed by atoms with Crippen molar-refractivity contribution in [2.45, 2.75) is 19.8 Å². The predicted molar refractivity (Wildman–Crippen MR) is 60.7 cm³/mol. The molecule has 0 aliphatic rings. The Labute approximate surface area is 97.1 Å². The first-order chi connectivity index (χ1) is 7.63. The maximum atomic E-state index is 13.4. The van der Waals surface area contributed by atoms with Gasteiger partial charge in [-0.25, -0.2) is 13.8 Å². The van der Waals surface area contributed by atoms with Crippen LogP contribution >= 0.6 is 11.6 Å². The first-order valence-corrected chi connectivity index (χ1v) is 5.44. The molecule has 0 unspecified atom stereocenters. The van der Waals surface area contributed by atoms with Crippen LogP contribution in [-0.4, -0.2) is 4.98 Å². The molecule has 0 N–H and O–H groups in total. The highest BCUT2D eigenvalue weighted by molar-refractivity contribution is 6.30. The van der Waals surface area contributed by atoms with E-state index in [0.717, 1.165) is 24.5 Å². The zero-order valence-electron chi connectivity index (χ0n) is 8.73. The number of hydrogen-bond donors (Lipinski definition) is 0. The van der Waals surface area contributed by atoms with E-state index in [4.69, 9.17) is 11.6 Å². The van der Waals surface area contributed by atoms with Gasteiger partial charge in [0.25, 0.3) is 0 Å². The number of aromatic nitrogens is 1. The Morgan fingerprint density at radius 3 is 2.75 bits per heavy atom. The van der Waals surface area contributed by atoms with E-state index in [-0.39, 0.29) is 10.7 Å². The molecule has 1 nitrogen and oxygen atoms in total. The summed E-state index contributed by atoms with van der Waals surface area (Å²) in [4.78, 5) is 3.91. The first kappa shape index (κ1) is 11.3. The lowest BCUT2D eigenvalue weighted by Crippen LogP contribution is -1.94. The lowest BCUT2D eigenvalue weighted by atomic mass is 10.1. The summed E-state index contributed by atoms with van der Waals surface area (Å²) in [6.45, 7) is 2.02. The molecule has 1 aromatic heterocycles. The van der Waals surface area contributed by atoms with Gasteiger partial charge in [0.05, 0.1) is 0 Å². The standard InChI is InChI=1S/C12H10ClF2N/c1-2-3-8-6-7-4-5-9(14)10(15)11(7)16-12(8)13/h4-6H,2-3H2,1H3. The van der Waals surface area contributed by atoms with Crippen molar-refractivity contribution in [3.63, 3.8) is 0 Å². The van der Waals surface area contributed by atoms with Crippen LogP contribution < -0.4 is 0 Å². The van der Waals surface area contributed by atoms with Gasteiger partial charge in [-0.15, -0.1) is 0 Å². The van der Waals surface area contributed by atoms with Gasteiger partial charge < -0.3 is 0 Å². The molecule has 0 radical (unpaired) electrons. The van der Waals surface area contributed by atoms with Crippen LogP contribution in [0.5, 0.6) is 0 Å². The molecule has 0 aliphatic heterocycles. The van der Waals surface area contributed by atoms with Gasteiger partial charge in [-0.3, -0.25) is 0 Å². The van der Waals surface area contributed by atoms with E-state index in [1.807, 2.05) is 6.92 Å². The molecule has 0 fully saturated rings. The molecule has 1 heterocycles. The fourth-order valence-corrected chi connectivity index (χ4v) is 1.88. The van der Waals surface area contributed by atoms with Crippen molar-refractivity contribution in [1.29, 1.82) is 0 Å². The van der Waals surface area contributed by atoms with Gasteiger partial charge in [0.1, 0.15) is 10.7 Å². The van der Waals surface area contributed by atoms with Gasteiger partial charge in [0.2, 0.25) is 0 Å². The summed E-state index contributed by atoms with van der Waals surface area (Å²) in [6, 6.07) is 4.37. The largest absolute Gasteiger partial charge is 0.233 e. The third kappa shape index (κ3) is 1.87. The molecule has 0 atom stereocenters. The van der Waals surface area contributed by atoms with Gasteiger partial charge in [-0.1, -0.05) is 24.9 Å². The summed E-state index contributed by atoms with van der Waals surface area (Å²) in [5.41, 5.74) is 0.854. The van der Waals surface area contributed by atoms with Crippen molar-refractivity contribution in [2.75, 3.05) is 0 Å². The minimum absolute atomic E-state index is 0.00940. The fourth-order valence-electron chi connectivity index (χ4n) is 1.65. The highest BCUT2D eigenvalue weighted by Gasteiger charge is 2.11. The predicted octanol–water partition coefficient (Wildman–Crippen LogP) is 4.12. The number of halogens is 3. The SMILES string of the molecule is CCCc1cc2ccc(F)c(F)c2nc1Cl. The van der Waals surface area contributed by atoms with Crippen LogP contribution in [0.3, 0.4) is 0 Å². The van der Waals surface area contributed by atoms with Crippen molar-refractivity contribution in [2.24, 2.45) is 0 Å². The molecule has 2 rings (SSSR count). The monoisotopic (exact) mass is 241 g/mol.